The molecule has 3 aromatic carbocycles. The van der Waals surface area contributed by atoms with E-state index in [2.05, 4.69) is 10.3 Å². The summed E-state index contributed by atoms with van der Waals surface area (Å²) < 4.78 is 0. The van der Waals surface area contributed by atoms with Gasteiger partial charge in [-0.1, -0.05) is 91.0 Å². The average Bonchev–Trinajstić information content (AvgIpc) is 3.36. The second-order valence-corrected chi connectivity index (χ2v) is 8.66. The van der Waals surface area contributed by atoms with Crippen LogP contribution in [0.5, 0.6) is 0 Å². The molecule has 0 saturated carbocycles. The Balaban J connectivity index is 1.44. The standard InChI is InChI=1S/C28H25N3O2S/c32-27(17-16-22-10-4-1-5-11-22)31(19-24-14-8-3-9-15-24)20-26-30-25(21-34-26)28(33)29-18-23-12-6-2-7-13-23/h1-17,21H,18-20H2,(H,29,33)/b17-16+. The van der Waals surface area contributed by atoms with Crippen LogP contribution in [-0.4, -0.2) is 21.7 Å². The summed E-state index contributed by atoms with van der Waals surface area (Å²) in [6, 6.07) is 29.3. The topological polar surface area (TPSA) is 62.3 Å². The largest absolute Gasteiger partial charge is 0.347 e. The molecule has 1 heterocycles. The number of hydrogen-bond donors (Lipinski definition) is 1. The van der Waals surface area contributed by atoms with Gasteiger partial charge in [0.1, 0.15) is 10.7 Å². The molecule has 4 rings (SSSR count). The first-order valence-electron chi connectivity index (χ1n) is 11.0. The van der Waals surface area contributed by atoms with E-state index in [0.29, 0.717) is 30.3 Å². The van der Waals surface area contributed by atoms with Gasteiger partial charge in [0.25, 0.3) is 5.91 Å². The van der Waals surface area contributed by atoms with E-state index in [1.807, 2.05) is 97.1 Å². The van der Waals surface area contributed by atoms with Gasteiger partial charge in [-0.05, 0) is 22.8 Å². The van der Waals surface area contributed by atoms with Crippen molar-refractivity contribution in [2.45, 2.75) is 19.6 Å². The van der Waals surface area contributed by atoms with E-state index in [0.717, 1.165) is 16.7 Å². The van der Waals surface area contributed by atoms with Crippen LogP contribution >= 0.6 is 11.3 Å². The number of thiazole rings is 1. The molecule has 2 amide bonds. The zero-order valence-electron chi connectivity index (χ0n) is 18.6. The van der Waals surface area contributed by atoms with Gasteiger partial charge in [0.15, 0.2) is 0 Å². The minimum absolute atomic E-state index is 0.113. The molecule has 0 aliphatic rings. The molecule has 5 nitrogen and oxygen atoms in total. The molecular weight excluding hydrogens is 442 g/mol. The first kappa shape index (κ1) is 23.1. The number of aromatic nitrogens is 1. The lowest BCUT2D eigenvalue weighted by Gasteiger charge is -2.20. The number of rotatable bonds is 9. The van der Waals surface area contributed by atoms with Crippen molar-refractivity contribution in [2.75, 3.05) is 0 Å². The Morgan fingerprint density at radius 3 is 2.12 bits per heavy atom. The highest BCUT2D eigenvalue weighted by molar-refractivity contribution is 7.09. The molecular formula is C28H25N3O2S. The summed E-state index contributed by atoms with van der Waals surface area (Å²) in [6.45, 7) is 1.22. The number of hydrogen-bond acceptors (Lipinski definition) is 4. The Morgan fingerprint density at radius 1 is 0.824 bits per heavy atom. The Hall–Kier alpha value is -4.03. The molecule has 0 aliphatic heterocycles. The van der Waals surface area contributed by atoms with E-state index in [4.69, 9.17) is 0 Å². The third-order valence-corrected chi connectivity index (χ3v) is 5.99. The van der Waals surface area contributed by atoms with Gasteiger partial charge in [-0.15, -0.1) is 11.3 Å². The van der Waals surface area contributed by atoms with Crippen LogP contribution in [0.1, 0.15) is 32.2 Å². The quantitative estimate of drug-likeness (QED) is 0.339. The number of nitrogens with zero attached hydrogens (tertiary/aromatic N) is 2. The maximum atomic E-state index is 13.1. The van der Waals surface area contributed by atoms with Crippen molar-refractivity contribution in [3.63, 3.8) is 0 Å². The monoisotopic (exact) mass is 467 g/mol. The van der Waals surface area contributed by atoms with E-state index < -0.39 is 0 Å². The Morgan fingerprint density at radius 2 is 1.44 bits per heavy atom. The van der Waals surface area contributed by atoms with Crippen molar-refractivity contribution in [1.82, 2.24) is 15.2 Å². The molecule has 1 N–H and O–H groups in total. The van der Waals surface area contributed by atoms with Gasteiger partial charge in [-0.25, -0.2) is 4.98 Å². The van der Waals surface area contributed by atoms with Gasteiger partial charge < -0.3 is 10.2 Å². The van der Waals surface area contributed by atoms with Crippen LogP contribution in [0.25, 0.3) is 6.08 Å². The van der Waals surface area contributed by atoms with Gasteiger partial charge >= 0.3 is 0 Å². The number of carbonyl (C=O) groups is 2. The first-order valence-corrected chi connectivity index (χ1v) is 11.9. The Bertz CT molecular complexity index is 1240. The third kappa shape index (κ3) is 6.73. The van der Waals surface area contributed by atoms with E-state index >= 15 is 0 Å². The van der Waals surface area contributed by atoms with Crippen molar-refractivity contribution in [1.29, 1.82) is 0 Å². The minimum atomic E-state index is -0.226. The maximum absolute atomic E-state index is 13.1. The fourth-order valence-electron chi connectivity index (χ4n) is 3.37. The molecule has 0 fully saturated rings. The molecule has 6 heteroatoms. The van der Waals surface area contributed by atoms with Gasteiger partial charge in [-0.2, -0.15) is 0 Å². The average molecular weight is 468 g/mol. The Kier molecular flexibility index (Phi) is 7.98. The van der Waals surface area contributed by atoms with E-state index in [1.54, 1.807) is 16.4 Å². The number of carbonyl (C=O) groups excluding carboxylic acids is 2. The summed E-state index contributed by atoms with van der Waals surface area (Å²) in [6.07, 6.45) is 3.39. The smallest absolute Gasteiger partial charge is 0.271 e. The fourth-order valence-corrected chi connectivity index (χ4v) is 4.16. The van der Waals surface area contributed by atoms with E-state index in [-0.39, 0.29) is 11.8 Å². The molecule has 0 atom stereocenters. The maximum Gasteiger partial charge on any atom is 0.271 e. The van der Waals surface area contributed by atoms with Gasteiger partial charge in [-0.3, -0.25) is 9.59 Å². The number of benzene rings is 3. The number of nitrogens with one attached hydrogen (secondary N) is 1. The summed E-state index contributed by atoms with van der Waals surface area (Å²) in [5, 5.41) is 5.34. The molecule has 0 spiro atoms. The SMILES string of the molecule is O=C(NCc1ccccc1)c1csc(CN(Cc2ccccc2)C(=O)/C=C/c2ccccc2)n1. The molecule has 0 bridgehead atoms. The van der Waals surface area contributed by atoms with Gasteiger partial charge in [0.05, 0.1) is 6.54 Å². The third-order valence-electron chi connectivity index (χ3n) is 5.15. The lowest BCUT2D eigenvalue weighted by molar-refractivity contribution is -0.127. The summed E-state index contributed by atoms with van der Waals surface area (Å²) in [4.78, 5) is 31.8. The van der Waals surface area contributed by atoms with Crippen molar-refractivity contribution in [2.24, 2.45) is 0 Å². The van der Waals surface area contributed by atoms with Gasteiger partial charge in [0.2, 0.25) is 5.91 Å². The molecule has 34 heavy (non-hydrogen) atoms. The fraction of sp³-hybridized carbons (Fsp3) is 0.107. The zero-order valence-corrected chi connectivity index (χ0v) is 19.4. The summed E-state index contributed by atoms with van der Waals surface area (Å²) in [5.41, 5.74) is 3.38. The van der Waals surface area contributed by atoms with Crippen molar-refractivity contribution in [3.05, 3.63) is 130 Å². The number of amides is 2. The van der Waals surface area contributed by atoms with Crippen LogP contribution in [0.3, 0.4) is 0 Å². The normalized spacial score (nSPS) is 10.8. The van der Waals surface area contributed by atoms with Gasteiger partial charge in [0, 0.05) is 24.5 Å². The highest BCUT2D eigenvalue weighted by Gasteiger charge is 2.16. The second kappa shape index (κ2) is 11.7. The van der Waals surface area contributed by atoms with Crippen molar-refractivity contribution < 1.29 is 9.59 Å². The van der Waals surface area contributed by atoms with Crippen LogP contribution in [0.2, 0.25) is 0 Å². The zero-order chi connectivity index (χ0) is 23.6. The highest BCUT2D eigenvalue weighted by Crippen LogP contribution is 2.16. The summed E-state index contributed by atoms with van der Waals surface area (Å²) in [5.74, 6) is -0.339. The molecule has 0 aliphatic carbocycles. The molecule has 4 aromatic rings. The molecule has 0 unspecified atom stereocenters. The lowest BCUT2D eigenvalue weighted by Crippen LogP contribution is -2.28. The molecule has 1 aromatic heterocycles. The molecule has 0 radical (unpaired) electrons. The Labute approximate surface area is 203 Å². The van der Waals surface area contributed by atoms with Crippen LogP contribution in [0, 0.1) is 0 Å². The van der Waals surface area contributed by atoms with Crippen molar-refractivity contribution >= 4 is 29.2 Å². The van der Waals surface area contributed by atoms with Crippen molar-refractivity contribution in [3.8, 4) is 0 Å². The van der Waals surface area contributed by atoms with E-state index in [9.17, 15) is 9.59 Å². The predicted octanol–water partition coefficient (Wildman–Crippen LogP) is 5.32. The van der Waals surface area contributed by atoms with Crippen LogP contribution in [-0.2, 0) is 24.4 Å². The first-order chi connectivity index (χ1) is 16.7. The van der Waals surface area contributed by atoms with Crippen LogP contribution < -0.4 is 5.32 Å². The second-order valence-electron chi connectivity index (χ2n) is 7.72. The van der Waals surface area contributed by atoms with E-state index in [1.165, 1.54) is 11.3 Å². The summed E-state index contributed by atoms with van der Waals surface area (Å²) >= 11 is 1.38. The minimum Gasteiger partial charge on any atom is -0.347 e. The highest BCUT2D eigenvalue weighted by atomic mass is 32.1. The molecule has 0 saturated heterocycles. The van der Waals surface area contributed by atoms with Crippen LogP contribution in [0.4, 0.5) is 0 Å². The lowest BCUT2D eigenvalue weighted by atomic mass is 10.2. The molecule has 170 valence electrons. The summed E-state index contributed by atoms with van der Waals surface area (Å²) in [7, 11) is 0. The predicted molar refractivity (Wildman–Crippen MR) is 136 cm³/mol. The van der Waals surface area contributed by atoms with Crippen LogP contribution in [0.15, 0.2) is 102 Å².